The molecule has 0 unspecified atom stereocenters. The number of benzene rings is 2. The van der Waals surface area contributed by atoms with Crippen LogP contribution in [0.1, 0.15) is 11.1 Å². The van der Waals surface area contributed by atoms with E-state index in [9.17, 15) is 0 Å². The predicted octanol–water partition coefficient (Wildman–Crippen LogP) is 4.59. The van der Waals surface area contributed by atoms with Crippen molar-refractivity contribution in [3.8, 4) is 29.3 Å². The summed E-state index contributed by atoms with van der Waals surface area (Å²) in [5.41, 5.74) is 1.32. The molecule has 0 radical (unpaired) electrons. The third-order valence-electron chi connectivity index (χ3n) is 3.53. The van der Waals surface area contributed by atoms with Crippen molar-refractivity contribution in [2.45, 2.75) is 0 Å². The summed E-state index contributed by atoms with van der Waals surface area (Å²) < 4.78 is 16.6. The number of nitrogens with zero attached hydrogens (tertiary/aromatic N) is 3. The maximum Gasteiger partial charge on any atom is 0.226 e. The Labute approximate surface area is 157 Å². The standard InChI is InChI=1S/C21H17N3O3/c1-25-12-6-9-16-7-2-4-10-18(16)26-20-13-21(24-15-23-20)27-19-11-5-3-8-17(19)14-22/h2-11,13,15H,12H2,1H3/b9-6+. The van der Waals surface area contributed by atoms with E-state index in [-0.39, 0.29) is 5.88 Å². The highest BCUT2D eigenvalue weighted by Gasteiger charge is 2.08. The average Bonchev–Trinajstić information content (AvgIpc) is 2.70. The molecular weight excluding hydrogens is 342 g/mol. The largest absolute Gasteiger partial charge is 0.438 e. The van der Waals surface area contributed by atoms with Crippen molar-refractivity contribution in [2.75, 3.05) is 13.7 Å². The first-order chi connectivity index (χ1) is 13.3. The Hall–Kier alpha value is -3.69. The first-order valence-electron chi connectivity index (χ1n) is 8.21. The number of ether oxygens (including phenoxy) is 3. The minimum absolute atomic E-state index is 0.287. The molecule has 3 aromatic rings. The molecule has 3 rings (SSSR count). The van der Waals surface area contributed by atoms with Crippen molar-refractivity contribution in [1.82, 2.24) is 9.97 Å². The average molecular weight is 359 g/mol. The molecule has 0 aliphatic rings. The Morgan fingerprint density at radius 1 is 0.963 bits per heavy atom. The highest BCUT2D eigenvalue weighted by atomic mass is 16.5. The molecule has 6 nitrogen and oxygen atoms in total. The summed E-state index contributed by atoms with van der Waals surface area (Å²) in [4.78, 5) is 8.21. The maximum atomic E-state index is 9.16. The molecule has 0 spiro atoms. The van der Waals surface area contributed by atoms with E-state index in [1.54, 1.807) is 37.4 Å². The van der Waals surface area contributed by atoms with Crippen LogP contribution in [0.15, 0.2) is 67.0 Å². The van der Waals surface area contributed by atoms with Gasteiger partial charge in [-0.25, -0.2) is 9.97 Å². The fourth-order valence-electron chi connectivity index (χ4n) is 2.29. The fraction of sp³-hybridized carbons (Fsp3) is 0.0952. The summed E-state index contributed by atoms with van der Waals surface area (Å²) >= 11 is 0. The van der Waals surface area contributed by atoms with Crippen LogP contribution in [0.4, 0.5) is 0 Å². The molecule has 27 heavy (non-hydrogen) atoms. The quantitative estimate of drug-likeness (QED) is 0.614. The van der Waals surface area contributed by atoms with Gasteiger partial charge in [0.1, 0.15) is 23.9 Å². The van der Waals surface area contributed by atoms with Crippen LogP contribution in [0.2, 0.25) is 0 Å². The van der Waals surface area contributed by atoms with Gasteiger partial charge in [-0.3, -0.25) is 0 Å². The van der Waals surface area contributed by atoms with Gasteiger partial charge in [0.2, 0.25) is 11.8 Å². The number of hydrogen-bond donors (Lipinski definition) is 0. The minimum Gasteiger partial charge on any atom is -0.438 e. The number of nitriles is 1. The Bertz CT molecular complexity index is 980. The van der Waals surface area contributed by atoms with E-state index in [2.05, 4.69) is 16.0 Å². The van der Waals surface area contributed by atoms with Crippen LogP contribution in [0.5, 0.6) is 23.3 Å². The first kappa shape index (κ1) is 18.1. The van der Waals surface area contributed by atoms with Crippen molar-refractivity contribution in [1.29, 1.82) is 5.26 Å². The number of methoxy groups -OCH3 is 1. The van der Waals surface area contributed by atoms with Gasteiger partial charge in [0.15, 0.2) is 0 Å². The second-order valence-corrected chi connectivity index (χ2v) is 5.40. The smallest absolute Gasteiger partial charge is 0.226 e. The zero-order valence-electron chi connectivity index (χ0n) is 14.7. The maximum absolute atomic E-state index is 9.16. The van der Waals surface area contributed by atoms with E-state index in [0.717, 1.165) is 5.56 Å². The van der Waals surface area contributed by atoms with Crippen LogP contribution in [0.3, 0.4) is 0 Å². The van der Waals surface area contributed by atoms with E-state index in [1.807, 2.05) is 36.4 Å². The topological polar surface area (TPSA) is 77.3 Å². The molecular formula is C21H17N3O3. The van der Waals surface area contributed by atoms with E-state index in [0.29, 0.717) is 29.5 Å². The van der Waals surface area contributed by atoms with Gasteiger partial charge in [-0.05, 0) is 18.2 Å². The van der Waals surface area contributed by atoms with E-state index in [1.165, 1.54) is 6.33 Å². The van der Waals surface area contributed by atoms with Crippen molar-refractivity contribution in [3.05, 3.63) is 78.1 Å². The SMILES string of the molecule is COC/C=C/c1ccccc1Oc1cc(Oc2ccccc2C#N)ncn1. The molecule has 0 N–H and O–H groups in total. The first-order valence-corrected chi connectivity index (χ1v) is 8.21. The molecule has 2 aromatic carbocycles. The molecule has 134 valence electrons. The Morgan fingerprint density at radius 3 is 2.37 bits per heavy atom. The molecule has 0 aliphatic heterocycles. The van der Waals surface area contributed by atoms with Crippen LogP contribution in [-0.2, 0) is 4.74 Å². The zero-order chi connectivity index (χ0) is 18.9. The normalized spacial score (nSPS) is 10.5. The number of para-hydroxylation sites is 2. The van der Waals surface area contributed by atoms with Crippen LogP contribution in [-0.4, -0.2) is 23.7 Å². The Morgan fingerprint density at radius 2 is 1.63 bits per heavy atom. The summed E-state index contributed by atoms with van der Waals surface area (Å²) in [7, 11) is 1.64. The van der Waals surface area contributed by atoms with Gasteiger partial charge < -0.3 is 14.2 Å². The van der Waals surface area contributed by atoms with Crippen LogP contribution in [0.25, 0.3) is 6.08 Å². The van der Waals surface area contributed by atoms with E-state index >= 15 is 0 Å². The summed E-state index contributed by atoms with van der Waals surface area (Å²) in [6.07, 6.45) is 5.17. The lowest BCUT2D eigenvalue weighted by Crippen LogP contribution is -1.95. The van der Waals surface area contributed by atoms with Crippen LogP contribution in [0, 0.1) is 11.3 Å². The lowest BCUT2D eigenvalue weighted by molar-refractivity contribution is 0.234. The Kier molecular flexibility index (Phi) is 6.13. The molecule has 0 atom stereocenters. The fourth-order valence-corrected chi connectivity index (χ4v) is 2.29. The lowest BCUT2D eigenvalue weighted by Gasteiger charge is -2.10. The van der Waals surface area contributed by atoms with Gasteiger partial charge in [-0.15, -0.1) is 0 Å². The lowest BCUT2D eigenvalue weighted by atomic mass is 10.2. The van der Waals surface area contributed by atoms with Gasteiger partial charge in [0.25, 0.3) is 0 Å². The molecule has 0 amide bonds. The molecule has 1 heterocycles. The second-order valence-electron chi connectivity index (χ2n) is 5.40. The highest BCUT2D eigenvalue weighted by Crippen LogP contribution is 2.28. The zero-order valence-corrected chi connectivity index (χ0v) is 14.7. The molecule has 0 bridgehead atoms. The summed E-state index contributed by atoms with van der Waals surface area (Å²) in [6, 6.07) is 18.2. The highest BCUT2D eigenvalue weighted by molar-refractivity contribution is 5.57. The predicted molar refractivity (Wildman–Crippen MR) is 101 cm³/mol. The summed E-state index contributed by atoms with van der Waals surface area (Å²) in [5.74, 6) is 1.69. The van der Waals surface area contributed by atoms with Crippen LogP contribution >= 0.6 is 0 Å². The monoisotopic (exact) mass is 359 g/mol. The van der Waals surface area contributed by atoms with Gasteiger partial charge in [0, 0.05) is 12.7 Å². The van der Waals surface area contributed by atoms with E-state index < -0.39 is 0 Å². The molecule has 0 saturated carbocycles. The van der Waals surface area contributed by atoms with Gasteiger partial charge >= 0.3 is 0 Å². The molecule has 6 heteroatoms. The minimum atomic E-state index is 0.287. The second kappa shape index (κ2) is 9.13. The van der Waals surface area contributed by atoms with Crippen molar-refractivity contribution in [2.24, 2.45) is 0 Å². The van der Waals surface area contributed by atoms with Crippen molar-refractivity contribution >= 4 is 6.08 Å². The van der Waals surface area contributed by atoms with Crippen molar-refractivity contribution in [3.63, 3.8) is 0 Å². The molecule has 0 saturated heterocycles. The van der Waals surface area contributed by atoms with Gasteiger partial charge in [0.05, 0.1) is 18.2 Å². The number of aromatic nitrogens is 2. The van der Waals surface area contributed by atoms with Gasteiger partial charge in [-0.1, -0.05) is 42.5 Å². The van der Waals surface area contributed by atoms with E-state index in [4.69, 9.17) is 19.5 Å². The molecule has 1 aromatic heterocycles. The van der Waals surface area contributed by atoms with Crippen LogP contribution < -0.4 is 9.47 Å². The molecule has 0 aliphatic carbocycles. The van der Waals surface area contributed by atoms with Crippen molar-refractivity contribution < 1.29 is 14.2 Å². The molecule has 0 fully saturated rings. The Balaban J connectivity index is 1.80. The summed E-state index contributed by atoms with van der Waals surface area (Å²) in [6.45, 7) is 0.512. The third kappa shape index (κ3) is 4.91. The third-order valence-corrected chi connectivity index (χ3v) is 3.53. The number of rotatable bonds is 7. The number of hydrogen-bond acceptors (Lipinski definition) is 6. The summed E-state index contributed by atoms with van der Waals surface area (Å²) in [5, 5.41) is 9.16. The van der Waals surface area contributed by atoms with Gasteiger partial charge in [-0.2, -0.15) is 5.26 Å².